The second-order valence-corrected chi connectivity index (χ2v) is 4.01. The van der Waals surface area contributed by atoms with Crippen molar-refractivity contribution in [3.63, 3.8) is 0 Å². The predicted molar refractivity (Wildman–Crippen MR) is 65.6 cm³/mol. The molecule has 0 aliphatic carbocycles. The van der Waals surface area contributed by atoms with Crippen molar-refractivity contribution in [3.8, 4) is 11.1 Å². The van der Waals surface area contributed by atoms with Gasteiger partial charge in [0.05, 0.1) is 18.3 Å². The van der Waals surface area contributed by atoms with Crippen molar-refractivity contribution >= 4 is 0 Å². The van der Waals surface area contributed by atoms with E-state index < -0.39 is 18.8 Å². The summed E-state index contributed by atoms with van der Waals surface area (Å²) in [5.41, 5.74) is 8.39. The Labute approximate surface area is 105 Å². The molecule has 1 aromatic heterocycles. The van der Waals surface area contributed by atoms with Gasteiger partial charge in [0.2, 0.25) is 0 Å². The maximum absolute atomic E-state index is 12.6. The summed E-state index contributed by atoms with van der Waals surface area (Å²) in [5, 5.41) is 3.64. The van der Waals surface area contributed by atoms with E-state index in [2.05, 4.69) is 5.16 Å². The van der Waals surface area contributed by atoms with Gasteiger partial charge in [-0.15, -0.1) is 0 Å². The van der Waals surface area contributed by atoms with E-state index in [9.17, 15) is 4.39 Å². The van der Waals surface area contributed by atoms with Gasteiger partial charge in [0, 0.05) is 12.7 Å². The Balaban J connectivity index is 2.21. The van der Waals surface area contributed by atoms with E-state index in [-0.39, 0.29) is 0 Å². The Bertz CT molecular complexity index is 470. The van der Waals surface area contributed by atoms with Crippen LogP contribution in [-0.2, 0) is 4.74 Å². The molecule has 4 nitrogen and oxygen atoms in total. The van der Waals surface area contributed by atoms with Gasteiger partial charge in [-0.3, -0.25) is 0 Å². The number of alkyl halides is 1. The van der Waals surface area contributed by atoms with E-state index in [1.165, 1.54) is 7.11 Å². The molecule has 0 bridgehead atoms. The molecule has 0 amide bonds. The second-order valence-electron chi connectivity index (χ2n) is 4.01. The van der Waals surface area contributed by atoms with Crippen LogP contribution in [0.2, 0.25) is 0 Å². The minimum absolute atomic E-state index is 0.438. The number of rotatable bonds is 5. The van der Waals surface area contributed by atoms with Crippen LogP contribution < -0.4 is 5.73 Å². The summed E-state index contributed by atoms with van der Waals surface area (Å²) < 4.78 is 22.6. The number of ether oxygens (including phenoxy) is 1. The zero-order chi connectivity index (χ0) is 13.0. The third-order valence-electron chi connectivity index (χ3n) is 2.83. The standard InChI is InChI=1S/C13H15FN2O2/c1-17-13(12(15)6-14)10-4-2-9(3-5-10)11-7-16-18-8-11/h2-5,7-8,12-13H,6,15H2,1H3. The first kappa shape index (κ1) is 12.7. The number of aromatic nitrogens is 1. The van der Waals surface area contributed by atoms with Crippen LogP contribution in [0.4, 0.5) is 4.39 Å². The van der Waals surface area contributed by atoms with Crippen LogP contribution in [0.25, 0.3) is 11.1 Å². The molecule has 0 saturated carbocycles. The molecule has 2 N–H and O–H groups in total. The largest absolute Gasteiger partial charge is 0.375 e. The minimum atomic E-state index is -0.656. The average Bonchev–Trinajstić information content (AvgIpc) is 2.94. The number of benzene rings is 1. The van der Waals surface area contributed by atoms with E-state index in [4.69, 9.17) is 15.0 Å². The van der Waals surface area contributed by atoms with Crippen LogP contribution in [-0.4, -0.2) is 25.0 Å². The smallest absolute Gasteiger partial charge is 0.131 e. The molecule has 0 spiro atoms. The Morgan fingerprint density at radius 2 is 2.06 bits per heavy atom. The maximum Gasteiger partial charge on any atom is 0.131 e. The Morgan fingerprint density at radius 3 is 2.56 bits per heavy atom. The van der Waals surface area contributed by atoms with Gasteiger partial charge < -0.3 is 15.0 Å². The number of nitrogens with zero attached hydrogens (tertiary/aromatic N) is 1. The molecule has 96 valence electrons. The lowest BCUT2D eigenvalue weighted by atomic mass is 10.0. The van der Waals surface area contributed by atoms with E-state index >= 15 is 0 Å². The van der Waals surface area contributed by atoms with Gasteiger partial charge in [0.25, 0.3) is 0 Å². The topological polar surface area (TPSA) is 61.3 Å². The zero-order valence-corrected chi connectivity index (χ0v) is 10.0. The van der Waals surface area contributed by atoms with E-state index in [1.54, 1.807) is 12.5 Å². The summed E-state index contributed by atoms with van der Waals surface area (Å²) >= 11 is 0. The first-order valence-electron chi connectivity index (χ1n) is 5.60. The third-order valence-corrected chi connectivity index (χ3v) is 2.83. The molecular formula is C13H15FN2O2. The van der Waals surface area contributed by atoms with Crippen LogP contribution in [0.3, 0.4) is 0 Å². The van der Waals surface area contributed by atoms with E-state index in [0.717, 1.165) is 16.7 Å². The van der Waals surface area contributed by atoms with Gasteiger partial charge in [0.1, 0.15) is 12.9 Å². The van der Waals surface area contributed by atoms with Crippen molar-refractivity contribution in [3.05, 3.63) is 42.3 Å². The molecule has 0 saturated heterocycles. The highest BCUT2D eigenvalue weighted by atomic mass is 19.1. The molecule has 0 aliphatic heterocycles. The summed E-state index contributed by atoms with van der Waals surface area (Å²) in [4.78, 5) is 0. The highest BCUT2D eigenvalue weighted by Gasteiger charge is 2.19. The Hall–Kier alpha value is -1.72. The molecule has 1 heterocycles. The monoisotopic (exact) mass is 250 g/mol. The average molecular weight is 250 g/mol. The number of nitrogens with two attached hydrogens (primary N) is 1. The molecule has 2 aromatic rings. The van der Waals surface area contributed by atoms with Gasteiger partial charge in [-0.05, 0) is 11.1 Å². The molecule has 5 heteroatoms. The Kier molecular flexibility index (Phi) is 4.07. The van der Waals surface area contributed by atoms with Gasteiger partial charge in [-0.1, -0.05) is 29.4 Å². The lowest BCUT2D eigenvalue weighted by molar-refractivity contribution is 0.0721. The van der Waals surface area contributed by atoms with Gasteiger partial charge >= 0.3 is 0 Å². The number of hydrogen-bond acceptors (Lipinski definition) is 4. The molecule has 1 aromatic carbocycles. The van der Waals surface area contributed by atoms with Crippen molar-refractivity contribution < 1.29 is 13.7 Å². The number of methoxy groups -OCH3 is 1. The summed E-state index contributed by atoms with van der Waals surface area (Å²) in [5.74, 6) is 0. The highest BCUT2D eigenvalue weighted by Crippen LogP contribution is 2.24. The van der Waals surface area contributed by atoms with Crippen molar-refractivity contribution in [1.29, 1.82) is 0 Å². The first-order valence-corrected chi connectivity index (χ1v) is 5.60. The molecule has 0 radical (unpaired) electrons. The first-order chi connectivity index (χ1) is 8.76. The fraction of sp³-hybridized carbons (Fsp3) is 0.308. The molecule has 2 atom stereocenters. The molecular weight excluding hydrogens is 235 g/mol. The predicted octanol–water partition coefficient (Wildman–Crippen LogP) is 2.33. The lowest BCUT2D eigenvalue weighted by Gasteiger charge is -2.20. The molecule has 0 aliphatic rings. The quantitative estimate of drug-likeness (QED) is 0.884. The summed E-state index contributed by atoms with van der Waals surface area (Å²) in [6.45, 7) is -0.619. The fourth-order valence-corrected chi connectivity index (χ4v) is 1.85. The molecule has 18 heavy (non-hydrogen) atoms. The zero-order valence-electron chi connectivity index (χ0n) is 10.0. The van der Waals surface area contributed by atoms with Gasteiger partial charge in [0.15, 0.2) is 0 Å². The van der Waals surface area contributed by atoms with Crippen LogP contribution in [0, 0.1) is 0 Å². The maximum atomic E-state index is 12.6. The van der Waals surface area contributed by atoms with Crippen molar-refractivity contribution in [1.82, 2.24) is 5.16 Å². The van der Waals surface area contributed by atoms with Crippen molar-refractivity contribution in [2.45, 2.75) is 12.1 Å². The van der Waals surface area contributed by atoms with Crippen LogP contribution in [0.5, 0.6) is 0 Å². The summed E-state index contributed by atoms with van der Waals surface area (Å²) in [6.07, 6.45) is 2.76. The van der Waals surface area contributed by atoms with E-state index in [0.29, 0.717) is 0 Å². The van der Waals surface area contributed by atoms with E-state index in [1.807, 2.05) is 24.3 Å². The summed E-state index contributed by atoms with van der Waals surface area (Å²) in [6, 6.07) is 6.88. The van der Waals surface area contributed by atoms with Gasteiger partial charge in [-0.2, -0.15) is 0 Å². The highest BCUT2D eigenvalue weighted by molar-refractivity contribution is 5.61. The van der Waals surface area contributed by atoms with Crippen LogP contribution in [0.1, 0.15) is 11.7 Å². The SMILES string of the molecule is COC(c1ccc(-c2cnoc2)cc1)C(N)CF. The Morgan fingerprint density at radius 1 is 1.33 bits per heavy atom. The summed E-state index contributed by atoms with van der Waals surface area (Å²) in [7, 11) is 1.52. The van der Waals surface area contributed by atoms with Crippen LogP contribution >= 0.6 is 0 Å². The molecule has 2 unspecified atom stereocenters. The lowest BCUT2D eigenvalue weighted by Crippen LogP contribution is -2.31. The normalized spacial score (nSPS) is 14.4. The van der Waals surface area contributed by atoms with Crippen molar-refractivity contribution in [2.24, 2.45) is 5.73 Å². The molecule has 0 fully saturated rings. The fourth-order valence-electron chi connectivity index (χ4n) is 1.85. The van der Waals surface area contributed by atoms with Crippen molar-refractivity contribution in [2.75, 3.05) is 13.8 Å². The number of hydrogen-bond donors (Lipinski definition) is 1. The number of halogens is 1. The third kappa shape index (κ3) is 2.57. The second kappa shape index (κ2) is 5.75. The molecule has 2 rings (SSSR count). The van der Waals surface area contributed by atoms with Crippen LogP contribution in [0.15, 0.2) is 41.2 Å². The minimum Gasteiger partial charge on any atom is -0.375 e. The van der Waals surface area contributed by atoms with Gasteiger partial charge in [-0.25, -0.2) is 4.39 Å².